The SMILES string of the molecule is Cc1ccc(S(=O)(=O)Oc2ccc(Br)cc2/C=N/NC(N)=S)cc1. The van der Waals surface area contributed by atoms with E-state index >= 15 is 0 Å². The van der Waals surface area contributed by atoms with E-state index in [0.717, 1.165) is 10.0 Å². The molecule has 0 aliphatic rings. The first-order chi connectivity index (χ1) is 11.3. The molecule has 0 radical (unpaired) electrons. The summed E-state index contributed by atoms with van der Waals surface area (Å²) in [6, 6.07) is 11.2. The zero-order chi connectivity index (χ0) is 17.7. The minimum absolute atomic E-state index is 0.00371. The van der Waals surface area contributed by atoms with E-state index < -0.39 is 10.1 Å². The highest BCUT2D eigenvalue weighted by Gasteiger charge is 2.18. The lowest BCUT2D eigenvalue weighted by atomic mass is 10.2. The second-order valence-electron chi connectivity index (χ2n) is 4.77. The monoisotopic (exact) mass is 427 g/mol. The van der Waals surface area contributed by atoms with E-state index in [9.17, 15) is 8.42 Å². The van der Waals surface area contributed by atoms with Crippen molar-refractivity contribution >= 4 is 49.6 Å². The van der Waals surface area contributed by atoms with Crippen LogP contribution < -0.4 is 15.3 Å². The number of hydrogen-bond acceptors (Lipinski definition) is 5. The second kappa shape index (κ2) is 7.73. The van der Waals surface area contributed by atoms with Gasteiger partial charge in [0.15, 0.2) is 10.9 Å². The summed E-state index contributed by atoms with van der Waals surface area (Å²) in [4.78, 5) is 0.0696. The van der Waals surface area contributed by atoms with E-state index in [4.69, 9.17) is 9.92 Å². The van der Waals surface area contributed by atoms with Crippen molar-refractivity contribution in [3.05, 3.63) is 58.1 Å². The van der Waals surface area contributed by atoms with Gasteiger partial charge in [-0.1, -0.05) is 33.6 Å². The van der Waals surface area contributed by atoms with Crippen molar-refractivity contribution in [1.29, 1.82) is 0 Å². The molecule has 9 heteroatoms. The fourth-order valence-electron chi connectivity index (χ4n) is 1.73. The number of halogens is 1. The Morgan fingerprint density at radius 3 is 2.58 bits per heavy atom. The van der Waals surface area contributed by atoms with Gasteiger partial charge >= 0.3 is 10.1 Å². The number of nitrogens with two attached hydrogens (primary N) is 1. The summed E-state index contributed by atoms with van der Waals surface area (Å²) in [7, 11) is -3.95. The first-order valence-electron chi connectivity index (χ1n) is 6.67. The Kier molecular flexibility index (Phi) is 5.92. The number of benzene rings is 2. The van der Waals surface area contributed by atoms with Gasteiger partial charge in [-0.2, -0.15) is 13.5 Å². The highest BCUT2D eigenvalue weighted by atomic mass is 79.9. The summed E-state index contributed by atoms with van der Waals surface area (Å²) >= 11 is 7.96. The molecule has 0 bridgehead atoms. The third kappa shape index (κ3) is 5.02. The van der Waals surface area contributed by atoms with Gasteiger partial charge in [0, 0.05) is 10.0 Å². The van der Waals surface area contributed by atoms with E-state index in [1.807, 2.05) is 6.92 Å². The average molecular weight is 428 g/mol. The molecule has 2 aromatic carbocycles. The molecule has 0 fully saturated rings. The lowest BCUT2D eigenvalue weighted by Gasteiger charge is -2.10. The minimum Gasteiger partial charge on any atom is -0.378 e. The molecule has 0 saturated heterocycles. The molecule has 0 spiro atoms. The maximum atomic E-state index is 12.4. The highest BCUT2D eigenvalue weighted by Crippen LogP contribution is 2.25. The molecule has 0 aliphatic carbocycles. The molecule has 6 nitrogen and oxygen atoms in total. The van der Waals surface area contributed by atoms with Gasteiger partial charge in [0.05, 0.1) is 6.21 Å². The van der Waals surface area contributed by atoms with Gasteiger partial charge < -0.3 is 9.92 Å². The standard InChI is InChI=1S/C15H14BrN3O3S2/c1-10-2-5-13(6-3-10)24(20,21)22-14-7-4-12(16)8-11(14)9-18-19-15(17)23/h2-9H,1H3,(H3,17,19,23)/b18-9+. The number of hydrazone groups is 1. The quantitative estimate of drug-likeness (QED) is 0.329. The van der Waals surface area contributed by atoms with Crippen LogP contribution in [0.2, 0.25) is 0 Å². The number of nitrogens with zero attached hydrogens (tertiary/aromatic N) is 1. The van der Waals surface area contributed by atoms with Crippen LogP contribution in [-0.4, -0.2) is 19.7 Å². The van der Waals surface area contributed by atoms with Crippen molar-refractivity contribution in [2.75, 3.05) is 0 Å². The molecule has 2 rings (SSSR count). The fraction of sp³-hybridized carbons (Fsp3) is 0.0667. The van der Waals surface area contributed by atoms with Crippen LogP contribution in [0.5, 0.6) is 5.75 Å². The van der Waals surface area contributed by atoms with Gasteiger partial charge in [0.1, 0.15) is 4.90 Å². The van der Waals surface area contributed by atoms with Crippen LogP contribution in [0.15, 0.2) is 56.9 Å². The van der Waals surface area contributed by atoms with Crippen molar-refractivity contribution in [3.8, 4) is 5.75 Å². The fourth-order valence-corrected chi connectivity index (χ4v) is 3.12. The molecule has 0 heterocycles. The predicted octanol–water partition coefficient (Wildman–Crippen LogP) is 2.69. The summed E-state index contributed by atoms with van der Waals surface area (Å²) < 4.78 is 30.8. The maximum absolute atomic E-state index is 12.4. The summed E-state index contributed by atoms with van der Waals surface area (Å²) in [5.41, 5.74) is 9.07. The third-order valence-electron chi connectivity index (χ3n) is 2.86. The number of hydrogen-bond donors (Lipinski definition) is 2. The molecular weight excluding hydrogens is 414 g/mol. The number of nitrogens with one attached hydrogen (secondary N) is 1. The van der Waals surface area contributed by atoms with Crippen molar-refractivity contribution in [1.82, 2.24) is 5.43 Å². The molecule has 2 aromatic rings. The smallest absolute Gasteiger partial charge is 0.339 e. The Morgan fingerprint density at radius 2 is 1.96 bits per heavy atom. The van der Waals surface area contributed by atoms with Gasteiger partial charge in [0.2, 0.25) is 0 Å². The number of rotatable bonds is 5. The first-order valence-corrected chi connectivity index (χ1v) is 9.28. The molecule has 0 aliphatic heterocycles. The summed E-state index contributed by atoms with van der Waals surface area (Å²) in [5.74, 6) is 0.132. The van der Waals surface area contributed by atoms with E-state index in [1.165, 1.54) is 24.4 Å². The van der Waals surface area contributed by atoms with Crippen LogP contribution in [0.3, 0.4) is 0 Å². The van der Waals surface area contributed by atoms with Crippen molar-refractivity contribution in [2.45, 2.75) is 11.8 Å². The molecular formula is C15H14BrN3O3S2. The van der Waals surface area contributed by atoms with E-state index in [2.05, 4.69) is 38.7 Å². The zero-order valence-corrected chi connectivity index (χ0v) is 15.8. The van der Waals surface area contributed by atoms with Gasteiger partial charge in [-0.15, -0.1) is 0 Å². The third-order valence-corrected chi connectivity index (χ3v) is 4.69. The summed E-state index contributed by atoms with van der Waals surface area (Å²) in [6.07, 6.45) is 1.36. The largest absolute Gasteiger partial charge is 0.378 e. The van der Waals surface area contributed by atoms with Crippen molar-refractivity contribution in [3.63, 3.8) is 0 Å². The molecule has 126 valence electrons. The zero-order valence-electron chi connectivity index (χ0n) is 12.6. The molecule has 0 atom stereocenters. The Balaban J connectivity index is 2.33. The van der Waals surface area contributed by atoms with E-state index in [-0.39, 0.29) is 15.8 Å². The Bertz CT molecular complexity index is 881. The van der Waals surface area contributed by atoms with Crippen LogP contribution in [0.25, 0.3) is 0 Å². The number of aryl methyl sites for hydroxylation is 1. The van der Waals surface area contributed by atoms with Crippen LogP contribution in [0, 0.1) is 6.92 Å². The van der Waals surface area contributed by atoms with Crippen LogP contribution in [-0.2, 0) is 10.1 Å². The van der Waals surface area contributed by atoms with Crippen LogP contribution in [0.4, 0.5) is 0 Å². The second-order valence-corrected chi connectivity index (χ2v) is 7.67. The lowest BCUT2D eigenvalue weighted by Crippen LogP contribution is -2.24. The summed E-state index contributed by atoms with van der Waals surface area (Å²) in [5, 5.41) is 3.82. The molecule has 3 N–H and O–H groups in total. The molecule has 0 amide bonds. The maximum Gasteiger partial charge on any atom is 0.339 e. The van der Waals surface area contributed by atoms with E-state index in [1.54, 1.807) is 24.3 Å². The lowest BCUT2D eigenvalue weighted by molar-refractivity contribution is 0.485. The Hall–Kier alpha value is -1.97. The topological polar surface area (TPSA) is 93.8 Å². The van der Waals surface area contributed by atoms with E-state index in [0.29, 0.717) is 5.56 Å². The molecule has 0 unspecified atom stereocenters. The first kappa shape index (κ1) is 18.4. The molecule has 0 saturated carbocycles. The van der Waals surface area contributed by atoms with Crippen LogP contribution in [0.1, 0.15) is 11.1 Å². The Morgan fingerprint density at radius 1 is 1.29 bits per heavy atom. The normalized spacial score (nSPS) is 11.4. The average Bonchev–Trinajstić information content (AvgIpc) is 2.50. The highest BCUT2D eigenvalue weighted by molar-refractivity contribution is 9.10. The van der Waals surface area contributed by atoms with Gasteiger partial charge in [-0.25, -0.2) is 0 Å². The molecule has 24 heavy (non-hydrogen) atoms. The van der Waals surface area contributed by atoms with Gasteiger partial charge in [-0.3, -0.25) is 5.43 Å². The van der Waals surface area contributed by atoms with Crippen molar-refractivity contribution in [2.24, 2.45) is 10.8 Å². The molecule has 0 aromatic heterocycles. The summed E-state index contributed by atoms with van der Waals surface area (Å²) in [6.45, 7) is 1.87. The van der Waals surface area contributed by atoms with Gasteiger partial charge in [-0.05, 0) is 49.5 Å². The predicted molar refractivity (Wildman–Crippen MR) is 101 cm³/mol. The van der Waals surface area contributed by atoms with Crippen LogP contribution >= 0.6 is 28.1 Å². The number of thiocarbonyl (C=S) groups is 1. The minimum atomic E-state index is -3.95. The van der Waals surface area contributed by atoms with Crippen molar-refractivity contribution < 1.29 is 12.6 Å². The van der Waals surface area contributed by atoms with Gasteiger partial charge in [0.25, 0.3) is 0 Å². The Labute approximate surface area is 154 Å².